The first-order valence-corrected chi connectivity index (χ1v) is 8.71. The molecule has 1 N–H and O–H groups in total. The van der Waals surface area contributed by atoms with Gasteiger partial charge in [0.1, 0.15) is 11.5 Å². The normalized spacial score (nSPS) is 11.8. The molecule has 0 aliphatic rings. The van der Waals surface area contributed by atoms with Gasteiger partial charge >= 0.3 is 5.97 Å². The van der Waals surface area contributed by atoms with Crippen molar-refractivity contribution >= 4 is 5.97 Å². The fourth-order valence-electron chi connectivity index (χ4n) is 2.02. The maximum Gasteiger partial charge on any atom is 0.343 e. The van der Waals surface area contributed by atoms with Crippen LogP contribution in [0.3, 0.4) is 0 Å². The Bertz CT molecular complexity index is 614. The monoisotopic (exact) mass is 360 g/mol. The van der Waals surface area contributed by atoms with Crippen LogP contribution in [0, 0.1) is 0 Å². The molecular formula is C21H28O5. The standard InChI is InChI=1S/C21H28O5/c1-4-19(12-9-17(2)24-3)26-21(23)18-10-13-20(14-11-18)25-16-8-6-5-7-15-22/h4,9-14,22H,1,5-8,15-16H2,2-3H3/b17-9+,19-12+. The molecule has 0 aromatic heterocycles. The summed E-state index contributed by atoms with van der Waals surface area (Å²) in [6, 6.07) is 6.83. The number of ether oxygens (including phenoxy) is 3. The minimum absolute atomic E-state index is 0.240. The van der Waals surface area contributed by atoms with Crippen molar-refractivity contribution in [2.75, 3.05) is 20.3 Å². The summed E-state index contributed by atoms with van der Waals surface area (Å²) in [5.41, 5.74) is 0.431. The number of methoxy groups -OCH3 is 1. The van der Waals surface area contributed by atoms with Gasteiger partial charge < -0.3 is 19.3 Å². The number of benzene rings is 1. The van der Waals surface area contributed by atoms with Crippen LogP contribution < -0.4 is 4.74 Å². The molecule has 0 bridgehead atoms. The third-order valence-electron chi connectivity index (χ3n) is 3.63. The molecule has 1 aromatic carbocycles. The van der Waals surface area contributed by atoms with Gasteiger partial charge in [-0.15, -0.1) is 0 Å². The van der Waals surface area contributed by atoms with Crippen molar-refractivity contribution in [1.29, 1.82) is 0 Å². The number of aliphatic hydroxyl groups is 1. The number of allylic oxidation sites excluding steroid dienone is 4. The summed E-state index contributed by atoms with van der Waals surface area (Å²) < 4.78 is 16.0. The van der Waals surface area contributed by atoms with Gasteiger partial charge in [-0.3, -0.25) is 0 Å². The van der Waals surface area contributed by atoms with E-state index in [1.54, 1.807) is 50.5 Å². The van der Waals surface area contributed by atoms with Gasteiger partial charge in [0.2, 0.25) is 0 Å². The third-order valence-corrected chi connectivity index (χ3v) is 3.63. The summed E-state index contributed by atoms with van der Waals surface area (Å²) >= 11 is 0. The molecule has 142 valence electrons. The van der Waals surface area contributed by atoms with Crippen molar-refractivity contribution in [1.82, 2.24) is 0 Å². The van der Waals surface area contributed by atoms with E-state index < -0.39 is 5.97 Å². The van der Waals surface area contributed by atoms with Gasteiger partial charge in [-0.2, -0.15) is 0 Å². The zero-order valence-corrected chi connectivity index (χ0v) is 15.6. The molecule has 0 saturated carbocycles. The molecule has 0 radical (unpaired) electrons. The number of hydrogen-bond donors (Lipinski definition) is 1. The lowest BCUT2D eigenvalue weighted by molar-refractivity contribution is 0.0637. The number of unbranched alkanes of at least 4 members (excludes halogenated alkanes) is 3. The van der Waals surface area contributed by atoms with Gasteiger partial charge in [0.15, 0.2) is 0 Å². The van der Waals surface area contributed by atoms with Crippen molar-refractivity contribution in [3.05, 3.63) is 66.2 Å². The van der Waals surface area contributed by atoms with E-state index in [9.17, 15) is 4.79 Å². The Morgan fingerprint density at radius 1 is 1.12 bits per heavy atom. The van der Waals surface area contributed by atoms with Crippen molar-refractivity contribution < 1.29 is 24.1 Å². The highest BCUT2D eigenvalue weighted by Crippen LogP contribution is 2.15. The van der Waals surface area contributed by atoms with Crippen LogP contribution >= 0.6 is 0 Å². The lowest BCUT2D eigenvalue weighted by Crippen LogP contribution is -2.04. The van der Waals surface area contributed by atoms with E-state index in [-0.39, 0.29) is 6.61 Å². The summed E-state index contributed by atoms with van der Waals surface area (Å²) in [5, 5.41) is 8.72. The molecule has 0 fully saturated rings. The Labute approximate surface area is 155 Å². The second-order valence-electron chi connectivity index (χ2n) is 5.65. The Balaban J connectivity index is 2.51. The van der Waals surface area contributed by atoms with Crippen molar-refractivity contribution in [3.8, 4) is 5.75 Å². The highest BCUT2D eigenvalue weighted by atomic mass is 16.5. The SMILES string of the molecule is C=C/C(=C\C=C(/C)OC)OC(=O)c1ccc(OCCCCCCO)cc1. The minimum Gasteiger partial charge on any atom is -0.501 e. The zero-order valence-electron chi connectivity index (χ0n) is 15.6. The van der Waals surface area contributed by atoms with Gasteiger partial charge in [-0.1, -0.05) is 13.0 Å². The summed E-state index contributed by atoms with van der Waals surface area (Å²) in [6.07, 6.45) is 8.58. The van der Waals surface area contributed by atoms with Crippen LogP contribution in [-0.2, 0) is 9.47 Å². The van der Waals surface area contributed by atoms with Crippen molar-refractivity contribution in [3.63, 3.8) is 0 Å². The van der Waals surface area contributed by atoms with Gasteiger partial charge in [0.05, 0.1) is 25.0 Å². The number of rotatable bonds is 12. The Hall–Kier alpha value is -2.53. The summed E-state index contributed by atoms with van der Waals surface area (Å²) in [6.45, 7) is 6.29. The topological polar surface area (TPSA) is 65.0 Å². The Morgan fingerprint density at radius 2 is 1.81 bits per heavy atom. The van der Waals surface area contributed by atoms with E-state index >= 15 is 0 Å². The fraction of sp³-hybridized carbons (Fsp3) is 0.381. The summed E-state index contributed by atoms with van der Waals surface area (Å²) in [4.78, 5) is 12.2. The van der Waals surface area contributed by atoms with E-state index in [1.807, 2.05) is 0 Å². The molecule has 0 heterocycles. The minimum atomic E-state index is -0.463. The lowest BCUT2D eigenvalue weighted by atomic mass is 10.2. The van der Waals surface area contributed by atoms with Gasteiger partial charge in [0, 0.05) is 6.61 Å². The molecule has 1 aromatic rings. The quantitative estimate of drug-likeness (QED) is 0.259. The van der Waals surface area contributed by atoms with Gasteiger partial charge in [-0.25, -0.2) is 4.79 Å². The molecular weight excluding hydrogens is 332 g/mol. The van der Waals surface area contributed by atoms with E-state index in [2.05, 4.69) is 6.58 Å². The molecule has 0 amide bonds. The average Bonchev–Trinajstić information content (AvgIpc) is 2.67. The third kappa shape index (κ3) is 8.53. The predicted octanol–water partition coefficient (Wildman–Crippen LogP) is 4.40. The van der Waals surface area contributed by atoms with Gasteiger partial charge in [0.25, 0.3) is 0 Å². The van der Waals surface area contributed by atoms with E-state index in [1.165, 1.54) is 6.08 Å². The second-order valence-corrected chi connectivity index (χ2v) is 5.65. The van der Waals surface area contributed by atoms with Crippen LogP contribution in [0.25, 0.3) is 0 Å². The molecule has 0 aliphatic carbocycles. The Morgan fingerprint density at radius 3 is 2.42 bits per heavy atom. The van der Waals surface area contributed by atoms with Crippen LogP contribution in [0.15, 0.2) is 60.6 Å². The molecule has 0 saturated heterocycles. The molecule has 26 heavy (non-hydrogen) atoms. The number of carbonyl (C=O) groups is 1. The molecule has 0 aliphatic heterocycles. The number of esters is 1. The maximum absolute atomic E-state index is 12.2. The van der Waals surface area contributed by atoms with Gasteiger partial charge in [-0.05, 0) is 68.7 Å². The zero-order chi connectivity index (χ0) is 19.2. The average molecular weight is 360 g/mol. The summed E-state index contributed by atoms with van der Waals surface area (Å²) in [5.74, 6) is 1.28. The first-order valence-electron chi connectivity index (χ1n) is 8.71. The first-order chi connectivity index (χ1) is 12.6. The number of hydrogen-bond acceptors (Lipinski definition) is 5. The molecule has 0 unspecified atom stereocenters. The Kier molecular flexibility index (Phi) is 10.6. The molecule has 0 spiro atoms. The van der Waals surface area contributed by atoms with Crippen molar-refractivity contribution in [2.24, 2.45) is 0 Å². The van der Waals surface area contributed by atoms with Crippen LogP contribution in [-0.4, -0.2) is 31.4 Å². The second kappa shape index (κ2) is 12.8. The van der Waals surface area contributed by atoms with Crippen LogP contribution in [0.2, 0.25) is 0 Å². The highest BCUT2D eigenvalue weighted by molar-refractivity contribution is 5.90. The molecule has 5 heteroatoms. The maximum atomic E-state index is 12.2. The largest absolute Gasteiger partial charge is 0.501 e. The number of carbonyl (C=O) groups excluding carboxylic acids is 1. The van der Waals surface area contributed by atoms with Crippen molar-refractivity contribution in [2.45, 2.75) is 32.6 Å². The van der Waals surface area contributed by atoms with E-state index in [0.29, 0.717) is 29.4 Å². The number of aliphatic hydroxyl groups excluding tert-OH is 1. The highest BCUT2D eigenvalue weighted by Gasteiger charge is 2.09. The molecule has 1 rings (SSSR count). The molecule has 5 nitrogen and oxygen atoms in total. The van der Waals surface area contributed by atoms with E-state index in [4.69, 9.17) is 19.3 Å². The lowest BCUT2D eigenvalue weighted by Gasteiger charge is -2.08. The van der Waals surface area contributed by atoms with Crippen LogP contribution in [0.1, 0.15) is 43.0 Å². The molecule has 0 atom stereocenters. The van der Waals surface area contributed by atoms with Crippen LogP contribution in [0.5, 0.6) is 5.75 Å². The first kappa shape index (κ1) is 21.5. The van der Waals surface area contributed by atoms with Crippen LogP contribution in [0.4, 0.5) is 0 Å². The fourth-order valence-corrected chi connectivity index (χ4v) is 2.02. The van der Waals surface area contributed by atoms with E-state index in [0.717, 1.165) is 25.7 Å². The smallest absolute Gasteiger partial charge is 0.343 e. The summed E-state index contributed by atoms with van der Waals surface area (Å²) in [7, 11) is 1.57. The predicted molar refractivity (Wildman–Crippen MR) is 102 cm³/mol.